The molecule has 0 saturated heterocycles. The average molecular weight is 265 g/mol. The minimum Gasteiger partial charge on any atom is -0.375 e. The summed E-state index contributed by atoms with van der Waals surface area (Å²) in [7, 11) is 0. The summed E-state index contributed by atoms with van der Waals surface area (Å²) in [4.78, 5) is 15.9. The highest BCUT2D eigenvalue weighted by atomic mass is 32.1. The van der Waals surface area contributed by atoms with Gasteiger partial charge in [0.05, 0.1) is 12.1 Å². The molecule has 4 nitrogen and oxygen atoms in total. The van der Waals surface area contributed by atoms with Crippen LogP contribution in [0.5, 0.6) is 0 Å². The Morgan fingerprint density at radius 1 is 1.44 bits per heavy atom. The Hall–Kier alpha value is -1.10. The van der Waals surface area contributed by atoms with Gasteiger partial charge >= 0.3 is 0 Å². The van der Waals surface area contributed by atoms with Crippen LogP contribution in [0.2, 0.25) is 0 Å². The van der Waals surface area contributed by atoms with Gasteiger partial charge in [-0.2, -0.15) is 0 Å². The second-order valence-corrected chi connectivity index (χ2v) is 6.39. The lowest BCUT2D eigenvalue weighted by Crippen LogP contribution is -2.32. The van der Waals surface area contributed by atoms with Crippen LogP contribution < -0.4 is 11.1 Å². The Morgan fingerprint density at radius 2 is 2.11 bits per heavy atom. The quantitative estimate of drug-likeness (QED) is 0.824. The third-order valence-corrected chi connectivity index (χ3v) is 4.62. The molecule has 0 atom stereocenters. The van der Waals surface area contributed by atoms with Crippen molar-refractivity contribution in [1.29, 1.82) is 0 Å². The third kappa shape index (κ3) is 3.02. The second-order valence-electron chi connectivity index (χ2n) is 5.50. The van der Waals surface area contributed by atoms with E-state index in [-0.39, 0.29) is 5.91 Å². The Balaban J connectivity index is 1.45. The molecular formula is C13H19N3OS. The zero-order valence-corrected chi connectivity index (χ0v) is 11.2. The predicted molar refractivity (Wildman–Crippen MR) is 72.2 cm³/mol. The molecule has 3 N–H and O–H groups in total. The number of aromatic nitrogens is 1. The van der Waals surface area contributed by atoms with Crippen LogP contribution in [-0.2, 0) is 11.2 Å². The van der Waals surface area contributed by atoms with Crippen molar-refractivity contribution in [2.45, 2.75) is 32.1 Å². The lowest BCUT2D eigenvalue weighted by molar-refractivity contribution is -0.120. The smallest absolute Gasteiger partial charge is 0.226 e. The molecule has 0 spiro atoms. The van der Waals surface area contributed by atoms with Crippen molar-refractivity contribution in [3.8, 4) is 0 Å². The number of anilines is 1. The van der Waals surface area contributed by atoms with Crippen LogP contribution in [0.25, 0.3) is 0 Å². The van der Waals surface area contributed by atoms with Gasteiger partial charge in [0.15, 0.2) is 5.13 Å². The number of thiazole rings is 1. The number of amides is 1. The molecule has 3 rings (SSSR count). The van der Waals surface area contributed by atoms with Crippen molar-refractivity contribution >= 4 is 22.4 Å². The van der Waals surface area contributed by atoms with Crippen molar-refractivity contribution in [2.75, 3.05) is 12.3 Å². The molecule has 98 valence electrons. The van der Waals surface area contributed by atoms with Crippen LogP contribution in [0.4, 0.5) is 5.13 Å². The number of carbonyl (C=O) groups excluding carboxylic acids is 1. The third-order valence-electron chi connectivity index (χ3n) is 3.90. The summed E-state index contributed by atoms with van der Waals surface area (Å²) in [5, 5.41) is 5.46. The molecule has 1 amide bonds. The summed E-state index contributed by atoms with van der Waals surface area (Å²) in [5.41, 5.74) is 6.33. The summed E-state index contributed by atoms with van der Waals surface area (Å²) in [6.45, 7) is 0.855. The zero-order chi connectivity index (χ0) is 12.5. The summed E-state index contributed by atoms with van der Waals surface area (Å²) >= 11 is 1.39. The van der Waals surface area contributed by atoms with Crippen LogP contribution >= 0.6 is 11.3 Å². The molecule has 2 aliphatic carbocycles. The number of hydrogen-bond donors (Lipinski definition) is 2. The van der Waals surface area contributed by atoms with Gasteiger partial charge in [0.1, 0.15) is 0 Å². The highest BCUT2D eigenvalue weighted by Gasteiger charge is 2.41. The van der Waals surface area contributed by atoms with Gasteiger partial charge in [-0.15, -0.1) is 11.3 Å². The zero-order valence-electron chi connectivity index (χ0n) is 10.4. The first-order chi connectivity index (χ1) is 8.72. The largest absolute Gasteiger partial charge is 0.375 e. The number of hydrogen-bond acceptors (Lipinski definition) is 4. The van der Waals surface area contributed by atoms with E-state index in [0.29, 0.717) is 11.6 Å². The summed E-state index contributed by atoms with van der Waals surface area (Å²) in [5.74, 6) is 2.57. The Morgan fingerprint density at radius 3 is 2.61 bits per heavy atom. The number of nitrogen functional groups attached to an aromatic ring is 1. The van der Waals surface area contributed by atoms with Gasteiger partial charge < -0.3 is 11.1 Å². The Bertz CT molecular complexity index is 425. The van der Waals surface area contributed by atoms with Crippen molar-refractivity contribution in [1.82, 2.24) is 10.3 Å². The van der Waals surface area contributed by atoms with E-state index in [4.69, 9.17) is 5.73 Å². The fraction of sp³-hybridized carbons (Fsp3) is 0.692. The minimum atomic E-state index is 0.0756. The first-order valence-corrected chi connectivity index (χ1v) is 7.57. The number of nitrogens with one attached hydrogen (secondary N) is 1. The fourth-order valence-corrected chi connectivity index (χ4v) is 3.19. The molecule has 0 aliphatic heterocycles. The minimum absolute atomic E-state index is 0.0756. The maximum absolute atomic E-state index is 11.8. The number of carbonyl (C=O) groups is 1. The highest BCUT2D eigenvalue weighted by Crippen LogP contribution is 2.48. The van der Waals surface area contributed by atoms with Crippen molar-refractivity contribution in [3.05, 3.63) is 11.1 Å². The fourth-order valence-electron chi connectivity index (χ4n) is 2.63. The topological polar surface area (TPSA) is 68.0 Å². The Labute approximate surface area is 111 Å². The monoisotopic (exact) mass is 265 g/mol. The molecule has 2 aliphatic rings. The molecule has 18 heavy (non-hydrogen) atoms. The average Bonchev–Trinajstić information content (AvgIpc) is 3.21. The maximum Gasteiger partial charge on any atom is 0.226 e. The van der Waals surface area contributed by atoms with Crippen LogP contribution in [0.3, 0.4) is 0 Å². The molecule has 2 fully saturated rings. The van der Waals surface area contributed by atoms with Gasteiger partial charge in [-0.05, 0) is 43.4 Å². The van der Waals surface area contributed by atoms with Crippen LogP contribution in [0.15, 0.2) is 5.38 Å². The molecule has 5 heteroatoms. The molecule has 2 saturated carbocycles. The van der Waals surface area contributed by atoms with Crippen molar-refractivity contribution in [3.63, 3.8) is 0 Å². The Kier molecular flexibility index (Phi) is 3.24. The second kappa shape index (κ2) is 4.88. The SMILES string of the molecule is Nc1nc(CC(=O)NCC(C2CC2)C2CC2)cs1. The van der Waals surface area contributed by atoms with Gasteiger partial charge in [0, 0.05) is 11.9 Å². The first-order valence-electron chi connectivity index (χ1n) is 6.69. The van der Waals surface area contributed by atoms with E-state index in [1.807, 2.05) is 5.38 Å². The van der Waals surface area contributed by atoms with Crippen molar-refractivity contribution < 1.29 is 4.79 Å². The summed E-state index contributed by atoms with van der Waals surface area (Å²) < 4.78 is 0. The first kappa shape index (κ1) is 12.0. The van der Waals surface area contributed by atoms with Crippen molar-refractivity contribution in [2.24, 2.45) is 17.8 Å². The molecule has 1 heterocycles. The van der Waals surface area contributed by atoms with E-state index in [1.54, 1.807) is 0 Å². The number of rotatable bonds is 6. The van der Waals surface area contributed by atoms with E-state index < -0.39 is 0 Å². The van der Waals surface area contributed by atoms with Gasteiger partial charge in [-0.25, -0.2) is 4.98 Å². The molecule has 0 radical (unpaired) electrons. The molecule has 0 unspecified atom stereocenters. The highest BCUT2D eigenvalue weighted by molar-refractivity contribution is 7.13. The molecular weight excluding hydrogens is 246 g/mol. The summed E-state index contributed by atoms with van der Waals surface area (Å²) in [6.07, 6.45) is 5.80. The summed E-state index contributed by atoms with van der Waals surface area (Å²) in [6, 6.07) is 0. The molecule has 0 aromatic carbocycles. The van der Waals surface area contributed by atoms with Gasteiger partial charge in [-0.1, -0.05) is 0 Å². The number of nitrogens with zero attached hydrogens (tertiary/aromatic N) is 1. The van der Waals surface area contributed by atoms with E-state index in [1.165, 1.54) is 37.0 Å². The molecule has 1 aromatic heterocycles. The van der Waals surface area contributed by atoms with Gasteiger partial charge in [-0.3, -0.25) is 4.79 Å². The van der Waals surface area contributed by atoms with E-state index in [2.05, 4.69) is 10.3 Å². The lowest BCUT2D eigenvalue weighted by Gasteiger charge is -2.15. The number of nitrogens with two attached hydrogens (primary N) is 1. The molecule has 1 aromatic rings. The molecule has 0 bridgehead atoms. The maximum atomic E-state index is 11.8. The van der Waals surface area contributed by atoms with E-state index >= 15 is 0 Å². The standard InChI is InChI=1S/C13H19N3OS/c14-13-16-10(7-18-13)5-12(17)15-6-11(8-1-2-8)9-3-4-9/h7-9,11H,1-6H2,(H2,14,16)(H,15,17). The van der Waals surface area contributed by atoms with Gasteiger partial charge in [0.25, 0.3) is 0 Å². The van der Waals surface area contributed by atoms with Crippen LogP contribution in [-0.4, -0.2) is 17.4 Å². The normalized spacial score (nSPS) is 19.2. The van der Waals surface area contributed by atoms with Crippen LogP contribution in [0, 0.1) is 17.8 Å². The van der Waals surface area contributed by atoms with Gasteiger partial charge in [0.2, 0.25) is 5.91 Å². The van der Waals surface area contributed by atoms with E-state index in [0.717, 1.165) is 30.0 Å². The lowest BCUT2D eigenvalue weighted by atomic mass is 9.98. The van der Waals surface area contributed by atoms with Crippen LogP contribution in [0.1, 0.15) is 31.4 Å². The van der Waals surface area contributed by atoms with E-state index in [9.17, 15) is 4.79 Å². The predicted octanol–water partition coefficient (Wildman–Crippen LogP) is 1.82.